The molecule has 2 aromatic carbocycles. The van der Waals surface area contributed by atoms with E-state index in [2.05, 4.69) is 15.8 Å². The van der Waals surface area contributed by atoms with Crippen LogP contribution in [0.3, 0.4) is 0 Å². The largest absolute Gasteiger partial charge is 0.343 e. The van der Waals surface area contributed by atoms with Crippen LogP contribution in [0.1, 0.15) is 11.1 Å². The molecular weight excluding hydrogens is 336 g/mol. The SMILES string of the molecule is O=C(C=Cc1ccccc1)NCC(=O)NN=Cc1ccc([N+](=O)[O-])cc1. The Bertz CT molecular complexity index is 830. The summed E-state index contributed by atoms with van der Waals surface area (Å²) in [6, 6.07) is 15.0. The predicted molar refractivity (Wildman–Crippen MR) is 97.3 cm³/mol. The molecule has 0 fully saturated rings. The van der Waals surface area contributed by atoms with Gasteiger partial charge >= 0.3 is 0 Å². The third-order valence-corrected chi connectivity index (χ3v) is 3.16. The zero-order valence-electron chi connectivity index (χ0n) is 13.7. The number of amides is 2. The molecule has 0 atom stereocenters. The molecule has 0 saturated carbocycles. The van der Waals surface area contributed by atoms with Crippen LogP contribution in [0.25, 0.3) is 6.08 Å². The van der Waals surface area contributed by atoms with E-state index in [9.17, 15) is 19.7 Å². The molecule has 26 heavy (non-hydrogen) atoms. The summed E-state index contributed by atoms with van der Waals surface area (Å²) in [5.74, 6) is -0.895. The Labute approximate surface area is 149 Å². The van der Waals surface area contributed by atoms with Crippen molar-refractivity contribution in [2.75, 3.05) is 6.54 Å². The number of non-ortho nitro benzene ring substituents is 1. The van der Waals surface area contributed by atoms with E-state index in [0.717, 1.165) is 5.56 Å². The van der Waals surface area contributed by atoms with Gasteiger partial charge in [-0.1, -0.05) is 30.3 Å². The molecule has 2 amide bonds. The molecule has 0 aliphatic heterocycles. The number of nitrogens with one attached hydrogen (secondary N) is 2. The van der Waals surface area contributed by atoms with Gasteiger partial charge in [0, 0.05) is 18.2 Å². The van der Waals surface area contributed by atoms with Crippen LogP contribution in [0.2, 0.25) is 0 Å². The summed E-state index contributed by atoms with van der Waals surface area (Å²) in [4.78, 5) is 33.3. The predicted octanol–water partition coefficient (Wildman–Crippen LogP) is 1.87. The van der Waals surface area contributed by atoms with E-state index < -0.39 is 16.7 Å². The van der Waals surface area contributed by atoms with Crippen molar-refractivity contribution in [2.24, 2.45) is 5.10 Å². The van der Waals surface area contributed by atoms with Crippen molar-refractivity contribution in [3.05, 3.63) is 81.9 Å². The Balaban J connectivity index is 1.73. The molecule has 0 heterocycles. The quantitative estimate of drug-likeness (QED) is 0.343. The van der Waals surface area contributed by atoms with Crippen molar-refractivity contribution in [3.8, 4) is 0 Å². The summed E-state index contributed by atoms with van der Waals surface area (Å²) in [5.41, 5.74) is 3.69. The summed E-state index contributed by atoms with van der Waals surface area (Å²) in [6.07, 6.45) is 4.32. The maximum atomic E-state index is 11.6. The van der Waals surface area contributed by atoms with Gasteiger partial charge in [-0.25, -0.2) is 5.43 Å². The fourth-order valence-corrected chi connectivity index (χ4v) is 1.86. The summed E-state index contributed by atoms with van der Waals surface area (Å²) in [6.45, 7) is -0.227. The highest BCUT2D eigenvalue weighted by molar-refractivity contribution is 5.94. The first kappa shape index (κ1) is 18.5. The van der Waals surface area contributed by atoms with Crippen LogP contribution >= 0.6 is 0 Å². The average Bonchev–Trinajstić information content (AvgIpc) is 2.66. The van der Waals surface area contributed by atoms with Crippen LogP contribution in [-0.4, -0.2) is 29.5 Å². The highest BCUT2D eigenvalue weighted by Gasteiger charge is 2.03. The number of nitrogens with zero attached hydrogens (tertiary/aromatic N) is 2. The molecule has 0 unspecified atom stereocenters. The molecule has 2 aromatic rings. The first-order valence-electron chi connectivity index (χ1n) is 7.62. The van der Waals surface area contributed by atoms with Crippen molar-refractivity contribution in [2.45, 2.75) is 0 Å². The molecule has 2 rings (SSSR count). The molecule has 0 spiro atoms. The van der Waals surface area contributed by atoms with E-state index in [1.165, 1.54) is 36.6 Å². The van der Waals surface area contributed by atoms with Gasteiger partial charge in [-0.3, -0.25) is 19.7 Å². The number of rotatable bonds is 7. The monoisotopic (exact) mass is 352 g/mol. The Kier molecular flexibility index (Phi) is 6.75. The fraction of sp³-hybridized carbons (Fsp3) is 0.0556. The Morgan fingerprint density at radius 3 is 2.38 bits per heavy atom. The lowest BCUT2D eigenvalue weighted by atomic mass is 10.2. The average molecular weight is 352 g/mol. The molecule has 8 heteroatoms. The van der Waals surface area contributed by atoms with Crippen molar-refractivity contribution in [3.63, 3.8) is 0 Å². The molecule has 2 N–H and O–H groups in total. The van der Waals surface area contributed by atoms with E-state index in [0.29, 0.717) is 5.56 Å². The summed E-state index contributed by atoms with van der Waals surface area (Å²) in [5, 5.41) is 16.7. The van der Waals surface area contributed by atoms with Crippen LogP contribution < -0.4 is 10.7 Å². The van der Waals surface area contributed by atoms with Crippen LogP contribution in [0.15, 0.2) is 65.8 Å². The van der Waals surface area contributed by atoms with E-state index in [-0.39, 0.29) is 12.2 Å². The van der Waals surface area contributed by atoms with Gasteiger partial charge in [-0.15, -0.1) is 0 Å². The summed E-state index contributed by atoms with van der Waals surface area (Å²) in [7, 11) is 0. The van der Waals surface area contributed by atoms with Crippen molar-refractivity contribution < 1.29 is 14.5 Å². The molecule has 132 valence electrons. The number of hydrogen-bond donors (Lipinski definition) is 2. The zero-order valence-corrected chi connectivity index (χ0v) is 13.7. The molecule has 0 saturated heterocycles. The molecule has 0 aliphatic carbocycles. The minimum atomic E-state index is -0.502. The number of hydrogen-bond acceptors (Lipinski definition) is 5. The molecule has 0 radical (unpaired) electrons. The van der Waals surface area contributed by atoms with Crippen LogP contribution in [0.4, 0.5) is 5.69 Å². The first-order valence-corrected chi connectivity index (χ1v) is 7.62. The number of carbonyl (C=O) groups is 2. The van der Waals surface area contributed by atoms with Gasteiger partial charge in [0.2, 0.25) is 5.91 Å². The Hall–Kier alpha value is -3.81. The van der Waals surface area contributed by atoms with Crippen LogP contribution in [0, 0.1) is 10.1 Å². The maximum absolute atomic E-state index is 11.6. The third-order valence-electron chi connectivity index (χ3n) is 3.16. The second-order valence-electron chi connectivity index (χ2n) is 5.10. The molecule has 0 aromatic heterocycles. The van der Waals surface area contributed by atoms with E-state index in [4.69, 9.17) is 0 Å². The van der Waals surface area contributed by atoms with Crippen LogP contribution in [0.5, 0.6) is 0 Å². The minimum absolute atomic E-state index is 0.0301. The fourth-order valence-electron chi connectivity index (χ4n) is 1.86. The van der Waals surface area contributed by atoms with Crippen molar-refractivity contribution in [1.29, 1.82) is 0 Å². The zero-order chi connectivity index (χ0) is 18.8. The smallest absolute Gasteiger partial charge is 0.269 e. The maximum Gasteiger partial charge on any atom is 0.269 e. The van der Waals surface area contributed by atoms with Gasteiger partial charge in [0.05, 0.1) is 17.7 Å². The summed E-state index contributed by atoms with van der Waals surface area (Å²) < 4.78 is 0. The highest BCUT2D eigenvalue weighted by atomic mass is 16.6. The third kappa shape index (κ3) is 6.36. The first-order chi connectivity index (χ1) is 12.5. The number of carbonyl (C=O) groups excluding carboxylic acids is 2. The second kappa shape index (κ2) is 9.48. The topological polar surface area (TPSA) is 114 Å². The van der Waals surface area contributed by atoms with E-state index in [1.807, 2.05) is 30.3 Å². The highest BCUT2D eigenvalue weighted by Crippen LogP contribution is 2.10. The lowest BCUT2D eigenvalue weighted by Crippen LogP contribution is -2.34. The lowest BCUT2D eigenvalue weighted by Gasteiger charge is -2.01. The standard InChI is InChI=1S/C18H16N4O4/c23-17(11-8-14-4-2-1-3-5-14)19-13-18(24)21-20-12-15-6-9-16(10-7-15)22(25)26/h1-12H,13H2,(H,19,23)(H,21,24). The molecule has 8 nitrogen and oxygen atoms in total. The van der Waals surface area contributed by atoms with Crippen molar-refractivity contribution >= 4 is 29.8 Å². The lowest BCUT2D eigenvalue weighted by molar-refractivity contribution is -0.384. The van der Waals surface area contributed by atoms with Gasteiger partial charge in [-0.05, 0) is 29.3 Å². The van der Waals surface area contributed by atoms with Gasteiger partial charge < -0.3 is 5.32 Å². The molecular formula is C18H16N4O4. The summed E-state index contributed by atoms with van der Waals surface area (Å²) >= 11 is 0. The Morgan fingerprint density at radius 1 is 1.04 bits per heavy atom. The van der Waals surface area contributed by atoms with E-state index >= 15 is 0 Å². The minimum Gasteiger partial charge on any atom is -0.343 e. The number of nitro benzene ring substituents is 1. The Morgan fingerprint density at radius 2 is 1.73 bits per heavy atom. The normalized spacial score (nSPS) is 10.8. The van der Waals surface area contributed by atoms with Gasteiger partial charge in [0.15, 0.2) is 0 Å². The number of benzene rings is 2. The van der Waals surface area contributed by atoms with Crippen LogP contribution in [-0.2, 0) is 9.59 Å². The molecule has 0 aliphatic rings. The second-order valence-corrected chi connectivity index (χ2v) is 5.10. The van der Waals surface area contributed by atoms with Gasteiger partial charge in [-0.2, -0.15) is 5.10 Å². The number of nitro groups is 1. The van der Waals surface area contributed by atoms with Gasteiger partial charge in [0.25, 0.3) is 11.6 Å². The molecule has 0 bridgehead atoms. The van der Waals surface area contributed by atoms with Gasteiger partial charge in [0.1, 0.15) is 0 Å². The van der Waals surface area contributed by atoms with E-state index in [1.54, 1.807) is 6.08 Å². The number of hydrazone groups is 1. The van der Waals surface area contributed by atoms with Crippen molar-refractivity contribution in [1.82, 2.24) is 10.7 Å².